The molecule has 0 saturated carbocycles. The van der Waals surface area contributed by atoms with Crippen molar-refractivity contribution in [2.45, 2.75) is 13.3 Å². The highest BCUT2D eigenvalue weighted by Crippen LogP contribution is 2.16. The molecule has 0 unspecified atom stereocenters. The number of aromatic nitrogens is 2. The van der Waals surface area contributed by atoms with Crippen LogP contribution in [0.5, 0.6) is 0 Å². The highest BCUT2D eigenvalue weighted by Gasteiger charge is 2.08. The molecule has 1 aromatic carbocycles. The van der Waals surface area contributed by atoms with Crippen molar-refractivity contribution in [1.82, 2.24) is 9.97 Å². The lowest BCUT2D eigenvalue weighted by Crippen LogP contribution is -2.14. The minimum absolute atomic E-state index is 0.149. The van der Waals surface area contributed by atoms with Crippen LogP contribution in [0.1, 0.15) is 11.3 Å². The van der Waals surface area contributed by atoms with Crippen LogP contribution in [-0.2, 0) is 11.2 Å². The van der Waals surface area contributed by atoms with E-state index in [-0.39, 0.29) is 12.3 Å². The summed E-state index contributed by atoms with van der Waals surface area (Å²) in [6.07, 6.45) is 0.210. The number of rotatable bonds is 3. The maximum atomic E-state index is 11.9. The maximum Gasteiger partial charge on any atom is 0.417 e. The fraction of sp³-hybridized carbons (Fsp3) is 0.154. The van der Waals surface area contributed by atoms with Gasteiger partial charge in [-0.3, -0.25) is 9.78 Å². The molecule has 2 aromatic heterocycles. The first-order chi connectivity index (χ1) is 9.60. The summed E-state index contributed by atoms with van der Waals surface area (Å²) in [4.78, 5) is 29.7. The Morgan fingerprint density at radius 2 is 2.35 bits per heavy atom. The zero-order valence-corrected chi connectivity index (χ0v) is 11.4. The molecule has 0 aliphatic rings. The molecule has 2 heterocycles. The number of carbonyl (C=O) groups excluding carboxylic acids is 1. The number of anilines is 1. The summed E-state index contributed by atoms with van der Waals surface area (Å²) in [5.74, 6) is -0.649. The predicted octanol–water partition coefficient (Wildman–Crippen LogP) is 2.07. The van der Waals surface area contributed by atoms with E-state index in [1.165, 1.54) is 11.3 Å². The summed E-state index contributed by atoms with van der Waals surface area (Å²) in [5, 5.41) is 5.20. The number of amides is 1. The summed E-state index contributed by atoms with van der Waals surface area (Å²) in [6.45, 7) is 1.87. The van der Waals surface area contributed by atoms with Crippen LogP contribution < -0.4 is 11.1 Å². The second-order valence-corrected chi connectivity index (χ2v) is 5.22. The van der Waals surface area contributed by atoms with Crippen molar-refractivity contribution < 1.29 is 9.21 Å². The highest BCUT2D eigenvalue weighted by atomic mass is 32.1. The van der Waals surface area contributed by atoms with Crippen LogP contribution in [0.4, 0.5) is 5.13 Å². The normalized spacial score (nSPS) is 10.8. The zero-order valence-electron chi connectivity index (χ0n) is 10.6. The topological polar surface area (TPSA) is 88.0 Å². The average Bonchev–Trinajstić information content (AvgIpc) is 2.93. The summed E-state index contributed by atoms with van der Waals surface area (Å²) >= 11 is 1.39. The number of H-pyrrole nitrogens is 1. The van der Waals surface area contributed by atoms with Gasteiger partial charge in [-0.25, -0.2) is 9.78 Å². The molecule has 7 heteroatoms. The first kappa shape index (κ1) is 12.6. The lowest BCUT2D eigenvalue weighted by atomic mass is 10.1. The van der Waals surface area contributed by atoms with E-state index in [4.69, 9.17) is 4.42 Å². The Labute approximate surface area is 117 Å². The number of aromatic amines is 1. The van der Waals surface area contributed by atoms with Crippen molar-refractivity contribution in [2.24, 2.45) is 0 Å². The number of nitrogens with zero attached hydrogens (tertiary/aromatic N) is 1. The van der Waals surface area contributed by atoms with Crippen molar-refractivity contribution in [3.63, 3.8) is 0 Å². The van der Waals surface area contributed by atoms with Gasteiger partial charge in [0, 0.05) is 5.38 Å². The number of nitrogens with one attached hydrogen (secondary N) is 2. The third-order valence-corrected chi connectivity index (χ3v) is 3.59. The van der Waals surface area contributed by atoms with Gasteiger partial charge in [-0.05, 0) is 24.6 Å². The van der Waals surface area contributed by atoms with Gasteiger partial charge in [-0.15, -0.1) is 11.3 Å². The van der Waals surface area contributed by atoms with Crippen LogP contribution >= 0.6 is 11.3 Å². The number of thiazole rings is 1. The summed E-state index contributed by atoms with van der Waals surface area (Å²) in [7, 11) is 0. The molecule has 0 fully saturated rings. The van der Waals surface area contributed by atoms with E-state index in [0.717, 1.165) is 11.3 Å². The van der Waals surface area contributed by atoms with E-state index < -0.39 is 5.76 Å². The molecule has 0 atom stereocenters. The summed E-state index contributed by atoms with van der Waals surface area (Å²) in [5.41, 5.74) is 2.74. The second-order valence-electron chi connectivity index (χ2n) is 4.36. The molecule has 3 rings (SSSR count). The van der Waals surface area contributed by atoms with Crippen LogP contribution in [0, 0.1) is 6.92 Å². The molecule has 6 nitrogen and oxygen atoms in total. The third-order valence-electron chi connectivity index (χ3n) is 2.71. The molecule has 2 N–H and O–H groups in total. The molecule has 0 aliphatic heterocycles. The zero-order chi connectivity index (χ0) is 14.1. The van der Waals surface area contributed by atoms with Crippen LogP contribution in [0.15, 0.2) is 32.8 Å². The van der Waals surface area contributed by atoms with Gasteiger partial charge in [0.2, 0.25) is 5.91 Å². The Bertz CT molecular complexity index is 831. The minimum atomic E-state index is -0.500. The second kappa shape index (κ2) is 4.93. The largest absolute Gasteiger partial charge is 0.417 e. The van der Waals surface area contributed by atoms with Crippen molar-refractivity contribution in [2.75, 3.05) is 5.32 Å². The monoisotopic (exact) mass is 289 g/mol. The number of fused-ring (bicyclic) bond motifs is 1. The predicted molar refractivity (Wildman–Crippen MR) is 76.0 cm³/mol. The van der Waals surface area contributed by atoms with Gasteiger partial charge in [-0.2, -0.15) is 0 Å². The number of hydrogen-bond acceptors (Lipinski definition) is 5. The van der Waals surface area contributed by atoms with Gasteiger partial charge in [0.25, 0.3) is 0 Å². The van der Waals surface area contributed by atoms with Crippen LogP contribution in [0.2, 0.25) is 0 Å². The summed E-state index contributed by atoms with van der Waals surface area (Å²) < 4.78 is 4.91. The number of aryl methyl sites for hydroxylation is 1. The van der Waals surface area contributed by atoms with Crippen molar-refractivity contribution in [1.29, 1.82) is 0 Å². The minimum Gasteiger partial charge on any atom is -0.408 e. The van der Waals surface area contributed by atoms with Crippen molar-refractivity contribution in [3.8, 4) is 0 Å². The molecule has 0 radical (unpaired) electrons. The van der Waals surface area contributed by atoms with Gasteiger partial charge in [-0.1, -0.05) is 6.07 Å². The molecule has 20 heavy (non-hydrogen) atoms. The fourth-order valence-electron chi connectivity index (χ4n) is 1.87. The highest BCUT2D eigenvalue weighted by molar-refractivity contribution is 7.13. The molecule has 3 aromatic rings. The number of hydrogen-bond donors (Lipinski definition) is 2. The van der Waals surface area contributed by atoms with Crippen LogP contribution in [0.25, 0.3) is 11.1 Å². The van der Waals surface area contributed by atoms with Crippen molar-refractivity contribution >= 4 is 33.5 Å². The number of carbonyl (C=O) groups is 1. The molecular formula is C13H11N3O3S. The molecule has 102 valence electrons. The SMILES string of the molecule is Cc1csc(NC(=O)Cc2ccc3oc(=O)[nH]c3c2)n1. The smallest absolute Gasteiger partial charge is 0.408 e. The standard InChI is InChI=1S/C13H11N3O3S/c1-7-6-20-12(14-7)16-11(17)5-8-2-3-10-9(4-8)15-13(18)19-10/h2-4,6H,5H2,1H3,(H,15,18)(H,14,16,17). The first-order valence-electron chi connectivity index (χ1n) is 5.94. The van der Waals surface area contributed by atoms with Gasteiger partial charge in [0.1, 0.15) is 0 Å². The Morgan fingerprint density at radius 1 is 1.50 bits per heavy atom. The van der Waals surface area contributed by atoms with Crippen LogP contribution in [0.3, 0.4) is 0 Å². The van der Waals surface area contributed by atoms with Gasteiger partial charge in [0.15, 0.2) is 10.7 Å². The quantitative estimate of drug-likeness (QED) is 0.772. The Kier molecular flexibility index (Phi) is 3.11. The molecule has 0 spiro atoms. The molecule has 0 bridgehead atoms. The van der Waals surface area contributed by atoms with E-state index in [2.05, 4.69) is 15.3 Å². The van der Waals surface area contributed by atoms with E-state index in [0.29, 0.717) is 16.2 Å². The number of oxazole rings is 1. The van der Waals surface area contributed by atoms with Crippen LogP contribution in [-0.4, -0.2) is 15.9 Å². The Morgan fingerprint density at radius 3 is 3.10 bits per heavy atom. The molecule has 1 amide bonds. The first-order valence-corrected chi connectivity index (χ1v) is 6.82. The van der Waals surface area contributed by atoms with E-state index in [9.17, 15) is 9.59 Å². The van der Waals surface area contributed by atoms with E-state index >= 15 is 0 Å². The molecule has 0 saturated heterocycles. The van der Waals surface area contributed by atoms with E-state index in [1.54, 1.807) is 18.2 Å². The van der Waals surface area contributed by atoms with Gasteiger partial charge < -0.3 is 9.73 Å². The maximum absolute atomic E-state index is 11.9. The lowest BCUT2D eigenvalue weighted by Gasteiger charge is -2.01. The lowest BCUT2D eigenvalue weighted by molar-refractivity contribution is -0.115. The fourth-order valence-corrected chi connectivity index (χ4v) is 2.57. The van der Waals surface area contributed by atoms with Gasteiger partial charge in [0.05, 0.1) is 17.6 Å². The van der Waals surface area contributed by atoms with Crippen molar-refractivity contribution in [3.05, 3.63) is 45.4 Å². The Balaban J connectivity index is 1.75. The molecular weight excluding hydrogens is 278 g/mol. The Hall–Kier alpha value is -2.41. The average molecular weight is 289 g/mol. The van der Waals surface area contributed by atoms with Gasteiger partial charge >= 0.3 is 5.76 Å². The summed E-state index contributed by atoms with van der Waals surface area (Å²) in [6, 6.07) is 5.15. The molecule has 0 aliphatic carbocycles. The number of benzene rings is 1. The van der Waals surface area contributed by atoms with E-state index in [1.807, 2.05) is 12.3 Å². The third kappa shape index (κ3) is 2.62.